The molecule has 7 heteroatoms. The third-order valence-corrected chi connectivity index (χ3v) is 6.03. The zero-order chi connectivity index (χ0) is 22.4. The maximum absolute atomic E-state index is 12.9. The standard InChI is InChI=1S/C24H32N2O5/c1-16-7-10-24(11-8-16,23(28)29)26-21(27)19-14-20(22(30-3)25-15-19)31-12-9-18-6-4-5-17(2)13-18/h4-6,13-16,23,28-29H,7-12H2,1-3H3,(H,26,27). The number of amides is 1. The van der Waals surface area contributed by atoms with E-state index in [2.05, 4.69) is 23.3 Å². The second-order valence-corrected chi connectivity index (χ2v) is 8.49. The Kier molecular flexibility index (Phi) is 7.51. The molecule has 1 aromatic carbocycles. The van der Waals surface area contributed by atoms with Gasteiger partial charge in [0.05, 0.1) is 24.8 Å². The summed E-state index contributed by atoms with van der Waals surface area (Å²) in [5.41, 5.74) is 1.58. The molecule has 1 fully saturated rings. The lowest BCUT2D eigenvalue weighted by atomic mass is 9.76. The second-order valence-electron chi connectivity index (χ2n) is 8.49. The number of ether oxygens (including phenoxy) is 2. The summed E-state index contributed by atoms with van der Waals surface area (Å²) in [5.74, 6) is 0.754. The van der Waals surface area contributed by atoms with Crippen LogP contribution in [0.4, 0.5) is 0 Å². The molecule has 3 rings (SSSR count). The van der Waals surface area contributed by atoms with Gasteiger partial charge in [0.15, 0.2) is 12.0 Å². The van der Waals surface area contributed by atoms with Crippen LogP contribution in [0.2, 0.25) is 0 Å². The molecule has 1 aromatic heterocycles. The molecule has 1 heterocycles. The van der Waals surface area contributed by atoms with Gasteiger partial charge in [0.2, 0.25) is 0 Å². The van der Waals surface area contributed by atoms with Crippen molar-refractivity contribution >= 4 is 5.91 Å². The highest BCUT2D eigenvalue weighted by Gasteiger charge is 2.41. The number of rotatable bonds is 8. The summed E-state index contributed by atoms with van der Waals surface area (Å²) in [7, 11) is 1.50. The van der Waals surface area contributed by atoms with E-state index in [0.29, 0.717) is 43.4 Å². The Morgan fingerprint density at radius 3 is 2.68 bits per heavy atom. The number of pyridine rings is 1. The van der Waals surface area contributed by atoms with E-state index in [1.165, 1.54) is 18.9 Å². The third-order valence-electron chi connectivity index (χ3n) is 6.03. The lowest BCUT2D eigenvalue weighted by molar-refractivity contribution is -0.119. The van der Waals surface area contributed by atoms with E-state index in [1.54, 1.807) is 6.07 Å². The Balaban J connectivity index is 1.70. The van der Waals surface area contributed by atoms with Gasteiger partial charge in [0, 0.05) is 18.7 Å². The van der Waals surface area contributed by atoms with Gasteiger partial charge >= 0.3 is 0 Å². The van der Waals surface area contributed by atoms with E-state index >= 15 is 0 Å². The van der Waals surface area contributed by atoms with E-state index < -0.39 is 17.7 Å². The number of methoxy groups -OCH3 is 1. The molecule has 1 aliphatic rings. The molecule has 0 aliphatic heterocycles. The minimum atomic E-state index is -1.62. The monoisotopic (exact) mass is 428 g/mol. The van der Waals surface area contributed by atoms with Crippen molar-refractivity contribution in [1.29, 1.82) is 0 Å². The summed E-state index contributed by atoms with van der Waals surface area (Å²) >= 11 is 0. The second kappa shape index (κ2) is 10.1. The highest BCUT2D eigenvalue weighted by Crippen LogP contribution is 2.34. The molecular weight excluding hydrogens is 396 g/mol. The van der Waals surface area contributed by atoms with Crippen LogP contribution in [-0.2, 0) is 6.42 Å². The highest BCUT2D eigenvalue weighted by molar-refractivity contribution is 5.95. The first-order valence-corrected chi connectivity index (χ1v) is 10.7. The maximum Gasteiger partial charge on any atom is 0.256 e. The van der Waals surface area contributed by atoms with E-state index in [0.717, 1.165) is 18.4 Å². The van der Waals surface area contributed by atoms with Crippen LogP contribution >= 0.6 is 0 Å². The van der Waals surface area contributed by atoms with Gasteiger partial charge in [-0.05, 0) is 44.1 Å². The summed E-state index contributed by atoms with van der Waals surface area (Å²) in [5, 5.41) is 22.8. The molecular formula is C24H32N2O5. The van der Waals surface area contributed by atoms with Gasteiger partial charge in [0.1, 0.15) is 0 Å². The van der Waals surface area contributed by atoms with Crippen molar-refractivity contribution < 1.29 is 24.5 Å². The first-order valence-electron chi connectivity index (χ1n) is 10.7. The molecule has 1 amide bonds. The zero-order valence-electron chi connectivity index (χ0n) is 18.4. The molecule has 1 saturated carbocycles. The van der Waals surface area contributed by atoms with Crippen molar-refractivity contribution in [1.82, 2.24) is 10.3 Å². The lowest BCUT2D eigenvalue weighted by Gasteiger charge is -2.41. The van der Waals surface area contributed by atoms with Gasteiger partial charge < -0.3 is 25.0 Å². The van der Waals surface area contributed by atoms with E-state index in [-0.39, 0.29) is 5.56 Å². The predicted molar refractivity (Wildman–Crippen MR) is 117 cm³/mol. The molecule has 2 aromatic rings. The van der Waals surface area contributed by atoms with Crippen LogP contribution in [0.15, 0.2) is 36.5 Å². The maximum atomic E-state index is 12.9. The minimum Gasteiger partial charge on any atom is -0.488 e. The number of nitrogens with zero attached hydrogens (tertiary/aromatic N) is 1. The van der Waals surface area contributed by atoms with Crippen molar-refractivity contribution in [2.45, 2.75) is 57.8 Å². The Bertz CT molecular complexity index is 891. The van der Waals surface area contributed by atoms with Gasteiger partial charge in [0.25, 0.3) is 11.8 Å². The fourth-order valence-electron chi connectivity index (χ4n) is 3.98. The summed E-state index contributed by atoms with van der Waals surface area (Å²) in [6.07, 6.45) is 3.17. The molecule has 7 nitrogen and oxygen atoms in total. The van der Waals surface area contributed by atoms with Crippen LogP contribution in [-0.4, -0.2) is 46.6 Å². The molecule has 31 heavy (non-hydrogen) atoms. The average Bonchev–Trinajstić information content (AvgIpc) is 2.75. The number of carbonyl (C=O) groups is 1. The number of aromatic nitrogens is 1. The van der Waals surface area contributed by atoms with Gasteiger partial charge in [-0.25, -0.2) is 4.98 Å². The van der Waals surface area contributed by atoms with E-state index in [9.17, 15) is 15.0 Å². The summed E-state index contributed by atoms with van der Waals surface area (Å²) in [4.78, 5) is 17.1. The van der Waals surface area contributed by atoms with Gasteiger partial charge in [-0.3, -0.25) is 4.79 Å². The van der Waals surface area contributed by atoms with Crippen molar-refractivity contribution in [3.05, 3.63) is 53.2 Å². The van der Waals surface area contributed by atoms with Gasteiger partial charge in [-0.15, -0.1) is 0 Å². The van der Waals surface area contributed by atoms with E-state index in [1.807, 2.05) is 25.1 Å². The first-order chi connectivity index (χ1) is 14.8. The van der Waals surface area contributed by atoms with Crippen LogP contribution in [0, 0.1) is 12.8 Å². The first kappa shape index (κ1) is 23.0. The Labute approximate surface area is 183 Å². The summed E-state index contributed by atoms with van der Waals surface area (Å²) in [6, 6.07) is 9.78. The smallest absolute Gasteiger partial charge is 0.256 e. The highest BCUT2D eigenvalue weighted by atomic mass is 16.5. The van der Waals surface area contributed by atoms with Crippen molar-refractivity contribution in [3.63, 3.8) is 0 Å². The van der Waals surface area contributed by atoms with Crippen molar-refractivity contribution in [2.75, 3.05) is 13.7 Å². The third kappa shape index (κ3) is 5.74. The number of nitrogens with one attached hydrogen (secondary N) is 1. The number of aryl methyl sites for hydroxylation is 1. The molecule has 0 spiro atoms. The molecule has 0 radical (unpaired) electrons. The van der Waals surface area contributed by atoms with Crippen molar-refractivity contribution in [2.24, 2.45) is 5.92 Å². The number of hydrogen-bond acceptors (Lipinski definition) is 6. The SMILES string of the molecule is COc1ncc(C(=O)NC2(C(O)O)CCC(C)CC2)cc1OCCc1cccc(C)c1. The predicted octanol–water partition coefficient (Wildman–Crippen LogP) is 3.01. The van der Waals surface area contributed by atoms with Crippen LogP contribution in [0.5, 0.6) is 11.6 Å². The topological polar surface area (TPSA) is 101 Å². The number of aliphatic hydroxyl groups excluding tert-OH is 1. The van der Waals surface area contributed by atoms with Crippen LogP contribution in [0.3, 0.4) is 0 Å². The number of carbonyl (C=O) groups excluding carboxylic acids is 1. The summed E-state index contributed by atoms with van der Waals surface area (Å²) < 4.78 is 11.1. The zero-order valence-corrected chi connectivity index (χ0v) is 18.4. The van der Waals surface area contributed by atoms with Crippen molar-refractivity contribution in [3.8, 4) is 11.6 Å². The lowest BCUT2D eigenvalue weighted by Crippen LogP contribution is -2.58. The quantitative estimate of drug-likeness (QED) is 0.559. The number of aliphatic hydroxyl groups is 2. The molecule has 0 atom stereocenters. The minimum absolute atomic E-state index is 0.282. The molecule has 0 unspecified atom stereocenters. The average molecular weight is 429 g/mol. The fraction of sp³-hybridized carbons (Fsp3) is 0.500. The Morgan fingerprint density at radius 1 is 1.29 bits per heavy atom. The van der Waals surface area contributed by atoms with Crippen LogP contribution in [0.1, 0.15) is 54.1 Å². The van der Waals surface area contributed by atoms with Gasteiger partial charge in [-0.1, -0.05) is 36.8 Å². The Morgan fingerprint density at radius 2 is 2.03 bits per heavy atom. The van der Waals surface area contributed by atoms with E-state index in [4.69, 9.17) is 9.47 Å². The van der Waals surface area contributed by atoms with Crippen LogP contribution in [0.25, 0.3) is 0 Å². The molecule has 3 N–H and O–H groups in total. The molecule has 0 bridgehead atoms. The summed E-state index contributed by atoms with van der Waals surface area (Å²) in [6.45, 7) is 4.58. The Hall–Kier alpha value is -2.64. The molecule has 0 saturated heterocycles. The normalized spacial score (nSPS) is 21.0. The number of benzene rings is 1. The van der Waals surface area contributed by atoms with Crippen LogP contribution < -0.4 is 14.8 Å². The molecule has 1 aliphatic carbocycles. The number of hydrogen-bond donors (Lipinski definition) is 3. The molecule has 168 valence electrons. The fourth-order valence-corrected chi connectivity index (χ4v) is 3.98. The van der Waals surface area contributed by atoms with Gasteiger partial charge in [-0.2, -0.15) is 0 Å². The largest absolute Gasteiger partial charge is 0.488 e.